The van der Waals surface area contributed by atoms with Gasteiger partial charge in [0.1, 0.15) is 22.5 Å². The Bertz CT molecular complexity index is 1090. The summed E-state index contributed by atoms with van der Waals surface area (Å²) >= 11 is 1.60. The summed E-state index contributed by atoms with van der Waals surface area (Å²) in [5, 5.41) is 0.715. The predicted molar refractivity (Wildman–Crippen MR) is 98.1 cm³/mol. The molecular formula is C19H16FN3O2S. The fraction of sp³-hybridized carbons (Fsp3) is 0.316. The van der Waals surface area contributed by atoms with Gasteiger partial charge in [0, 0.05) is 10.6 Å². The first-order chi connectivity index (χ1) is 12.6. The Morgan fingerprint density at radius 1 is 1.15 bits per heavy atom. The van der Waals surface area contributed by atoms with Gasteiger partial charge in [-0.15, -0.1) is 11.3 Å². The number of carbonyl (C=O) groups excluding carboxylic acids is 1. The number of thiophene rings is 1. The third-order valence-corrected chi connectivity index (χ3v) is 6.40. The summed E-state index contributed by atoms with van der Waals surface area (Å²) in [5.41, 5.74) is 1.64. The van der Waals surface area contributed by atoms with E-state index in [0.717, 1.165) is 36.1 Å². The number of amides is 1. The zero-order valence-corrected chi connectivity index (χ0v) is 14.7. The first-order valence-electron chi connectivity index (χ1n) is 8.74. The lowest BCUT2D eigenvalue weighted by Gasteiger charge is -2.39. The van der Waals surface area contributed by atoms with E-state index < -0.39 is 0 Å². The number of β-lactam (4-membered cyclic amide) rings is 1. The maximum absolute atomic E-state index is 13.2. The summed E-state index contributed by atoms with van der Waals surface area (Å²) in [6.45, 7) is 0. The normalized spacial score (nSPS) is 19.5. The number of anilines is 1. The predicted octanol–water partition coefficient (Wildman–Crippen LogP) is 3.48. The van der Waals surface area contributed by atoms with Crippen LogP contribution in [0.1, 0.15) is 41.6 Å². The van der Waals surface area contributed by atoms with Gasteiger partial charge in [-0.25, -0.2) is 9.37 Å². The van der Waals surface area contributed by atoms with Crippen LogP contribution in [0.5, 0.6) is 0 Å². The van der Waals surface area contributed by atoms with Gasteiger partial charge in [0.15, 0.2) is 0 Å². The molecule has 5 rings (SSSR count). The van der Waals surface area contributed by atoms with Crippen LogP contribution in [0, 0.1) is 5.82 Å². The molecule has 1 N–H and O–H groups in total. The Balaban J connectivity index is 1.57. The molecule has 3 heterocycles. The van der Waals surface area contributed by atoms with Crippen LogP contribution in [0.15, 0.2) is 29.1 Å². The van der Waals surface area contributed by atoms with Gasteiger partial charge in [-0.3, -0.25) is 9.59 Å². The van der Waals surface area contributed by atoms with E-state index in [9.17, 15) is 14.0 Å². The summed E-state index contributed by atoms with van der Waals surface area (Å²) in [5.74, 6) is 0.0928. The van der Waals surface area contributed by atoms with E-state index >= 15 is 0 Å². The largest absolute Gasteiger partial charge is 0.308 e. The number of benzene rings is 1. The highest BCUT2D eigenvalue weighted by molar-refractivity contribution is 7.18. The van der Waals surface area contributed by atoms with Crippen LogP contribution in [0.3, 0.4) is 0 Å². The fourth-order valence-electron chi connectivity index (χ4n) is 3.90. The van der Waals surface area contributed by atoms with E-state index in [0.29, 0.717) is 16.9 Å². The van der Waals surface area contributed by atoms with Crippen LogP contribution in [0.25, 0.3) is 10.2 Å². The van der Waals surface area contributed by atoms with Crippen molar-refractivity contribution in [2.75, 3.05) is 4.90 Å². The number of H-pyrrole nitrogens is 1. The number of hydrogen-bond donors (Lipinski definition) is 1. The standard InChI is InChI=1S/C19H16FN3O2S/c20-10-5-7-11(8-6-10)23-13(9-15(23)24)17-21-18(25)16-12-3-1-2-4-14(12)26-19(16)22-17/h5-8,13H,1-4,9H2,(H,21,22,25). The molecule has 132 valence electrons. The first-order valence-corrected chi connectivity index (χ1v) is 9.55. The quantitative estimate of drug-likeness (QED) is 0.704. The number of fused-ring (bicyclic) bond motifs is 3. The van der Waals surface area contributed by atoms with Crippen LogP contribution in [-0.4, -0.2) is 15.9 Å². The average molecular weight is 369 g/mol. The van der Waals surface area contributed by atoms with E-state index in [2.05, 4.69) is 9.97 Å². The number of aromatic nitrogens is 2. The number of carbonyl (C=O) groups is 1. The molecule has 1 aliphatic heterocycles. The van der Waals surface area contributed by atoms with E-state index in [1.807, 2.05) is 0 Å². The van der Waals surface area contributed by atoms with Crippen molar-refractivity contribution in [1.82, 2.24) is 9.97 Å². The summed E-state index contributed by atoms with van der Waals surface area (Å²) < 4.78 is 13.2. The van der Waals surface area contributed by atoms with Crippen molar-refractivity contribution >= 4 is 33.1 Å². The van der Waals surface area contributed by atoms with Crippen molar-refractivity contribution in [2.24, 2.45) is 0 Å². The van der Waals surface area contributed by atoms with Crippen molar-refractivity contribution < 1.29 is 9.18 Å². The van der Waals surface area contributed by atoms with E-state index in [-0.39, 0.29) is 29.7 Å². The second kappa shape index (κ2) is 5.74. The van der Waals surface area contributed by atoms with Crippen LogP contribution in [0.4, 0.5) is 10.1 Å². The van der Waals surface area contributed by atoms with E-state index in [4.69, 9.17) is 0 Å². The first kappa shape index (κ1) is 15.7. The molecule has 0 radical (unpaired) electrons. The van der Waals surface area contributed by atoms with Crippen molar-refractivity contribution in [3.8, 4) is 0 Å². The number of hydrogen-bond acceptors (Lipinski definition) is 4. The molecule has 26 heavy (non-hydrogen) atoms. The molecule has 0 spiro atoms. The SMILES string of the molecule is O=C1CC(c2nc3sc4c(c3c(=O)[nH]2)CCCC4)N1c1ccc(F)cc1. The number of rotatable bonds is 2. The molecule has 7 heteroatoms. The Kier molecular flexibility index (Phi) is 3.46. The van der Waals surface area contributed by atoms with Crippen molar-refractivity contribution in [3.05, 3.63) is 56.7 Å². The van der Waals surface area contributed by atoms with E-state index in [1.54, 1.807) is 28.4 Å². The minimum Gasteiger partial charge on any atom is -0.308 e. The molecule has 2 aromatic heterocycles. The lowest BCUT2D eigenvalue weighted by Crippen LogP contribution is -2.47. The molecule has 1 saturated heterocycles. The monoisotopic (exact) mass is 369 g/mol. The van der Waals surface area contributed by atoms with E-state index in [1.165, 1.54) is 17.0 Å². The Labute approximate surface area is 152 Å². The number of aryl methyl sites for hydroxylation is 2. The minimum atomic E-state index is -0.351. The molecule has 1 fully saturated rings. The molecule has 1 atom stereocenters. The fourth-order valence-corrected chi connectivity index (χ4v) is 5.17. The van der Waals surface area contributed by atoms with Gasteiger partial charge >= 0.3 is 0 Å². The molecular weight excluding hydrogens is 353 g/mol. The molecule has 2 aliphatic rings. The Morgan fingerprint density at radius 2 is 1.92 bits per heavy atom. The third kappa shape index (κ3) is 2.30. The molecule has 1 amide bonds. The zero-order valence-electron chi connectivity index (χ0n) is 13.9. The number of halogens is 1. The summed E-state index contributed by atoms with van der Waals surface area (Å²) in [6.07, 6.45) is 4.49. The summed E-state index contributed by atoms with van der Waals surface area (Å²) in [4.78, 5) is 36.0. The van der Waals surface area contributed by atoms with Crippen molar-refractivity contribution in [2.45, 2.75) is 38.1 Å². The smallest absolute Gasteiger partial charge is 0.259 e. The van der Waals surface area contributed by atoms with Gasteiger partial charge in [-0.2, -0.15) is 0 Å². The van der Waals surface area contributed by atoms with Gasteiger partial charge < -0.3 is 9.88 Å². The van der Waals surface area contributed by atoms with Gasteiger partial charge in [0.05, 0.1) is 11.8 Å². The highest BCUT2D eigenvalue weighted by Gasteiger charge is 2.40. The van der Waals surface area contributed by atoms with Crippen LogP contribution in [0.2, 0.25) is 0 Å². The van der Waals surface area contributed by atoms with Crippen molar-refractivity contribution in [3.63, 3.8) is 0 Å². The lowest BCUT2D eigenvalue weighted by molar-refractivity contribution is -0.124. The lowest BCUT2D eigenvalue weighted by atomic mass is 9.97. The molecule has 0 saturated carbocycles. The summed E-state index contributed by atoms with van der Waals surface area (Å²) in [7, 11) is 0. The van der Waals surface area contributed by atoms with Crippen LogP contribution in [-0.2, 0) is 17.6 Å². The Hall–Kier alpha value is -2.54. The Morgan fingerprint density at radius 3 is 2.69 bits per heavy atom. The third-order valence-electron chi connectivity index (χ3n) is 5.21. The molecule has 1 unspecified atom stereocenters. The second-order valence-electron chi connectivity index (χ2n) is 6.80. The number of aromatic amines is 1. The molecule has 5 nitrogen and oxygen atoms in total. The molecule has 1 aliphatic carbocycles. The number of nitrogens with one attached hydrogen (secondary N) is 1. The molecule has 3 aromatic rings. The topological polar surface area (TPSA) is 66.1 Å². The second-order valence-corrected chi connectivity index (χ2v) is 7.89. The molecule has 0 bridgehead atoms. The van der Waals surface area contributed by atoms with Gasteiger partial charge in [-0.05, 0) is 55.5 Å². The van der Waals surface area contributed by atoms with Gasteiger partial charge in [0.2, 0.25) is 5.91 Å². The average Bonchev–Trinajstić information content (AvgIpc) is 3.00. The highest BCUT2D eigenvalue weighted by Crippen LogP contribution is 2.39. The molecule has 1 aromatic carbocycles. The van der Waals surface area contributed by atoms with Gasteiger partial charge in [-0.1, -0.05) is 0 Å². The van der Waals surface area contributed by atoms with Crippen LogP contribution < -0.4 is 10.5 Å². The minimum absolute atomic E-state index is 0.0603. The van der Waals surface area contributed by atoms with Crippen molar-refractivity contribution in [1.29, 1.82) is 0 Å². The maximum atomic E-state index is 13.2. The summed E-state index contributed by atoms with van der Waals surface area (Å²) in [6, 6.07) is 5.47. The maximum Gasteiger partial charge on any atom is 0.259 e. The van der Waals surface area contributed by atoms with Crippen LogP contribution >= 0.6 is 11.3 Å². The number of nitrogens with zero attached hydrogens (tertiary/aromatic N) is 2. The van der Waals surface area contributed by atoms with Gasteiger partial charge in [0.25, 0.3) is 5.56 Å². The highest BCUT2D eigenvalue weighted by atomic mass is 32.1. The zero-order chi connectivity index (χ0) is 17.8.